The quantitative estimate of drug-likeness (QED) is 0.464. The monoisotopic (exact) mass is 422 g/mol. The number of nitrogens with zero attached hydrogens (tertiary/aromatic N) is 1. The Kier molecular flexibility index (Phi) is 6.17. The molecule has 0 unspecified atom stereocenters. The van der Waals surface area contributed by atoms with E-state index in [0.29, 0.717) is 0 Å². The van der Waals surface area contributed by atoms with E-state index in [-0.39, 0.29) is 5.97 Å². The van der Waals surface area contributed by atoms with Crippen molar-refractivity contribution in [3.63, 3.8) is 0 Å². The van der Waals surface area contributed by atoms with Crippen molar-refractivity contribution < 1.29 is 4.74 Å². The van der Waals surface area contributed by atoms with Crippen LogP contribution in [-0.4, -0.2) is 23.9 Å². The van der Waals surface area contributed by atoms with Gasteiger partial charge in [-0.25, -0.2) is 0 Å². The molecule has 0 amide bonds. The molecule has 0 N–H and O–H groups in total. The summed E-state index contributed by atoms with van der Waals surface area (Å²) in [6.07, 6.45) is 14.1. The zero-order chi connectivity index (χ0) is 20.4. The van der Waals surface area contributed by atoms with Crippen LogP contribution in [0.5, 0.6) is 0 Å². The SMILES string of the molecule is CCO[C@H]1N(c2ccccc2)c2ccccc2[P+]1(C1CCCCC1)C1CCCCC1. The number of hydrogen-bond donors (Lipinski definition) is 0. The summed E-state index contributed by atoms with van der Waals surface area (Å²) in [6.45, 7) is 2.99. The molecule has 0 aromatic heterocycles. The fourth-order valence-corrected chi connectivity index (χ4v) is 13.4. The average molecular weight is 423 g/mol. The number of fused-ring (bicyclic) bond motifs is 1. The third-order valence-electron chi connectivity index (χ3n) is 7.85. The summed E-state index contributed by atoms with van der Waals surface area (Å²) < 4.78 is 6.85. The topological polar surface area (TPSA) is 12.5 Å². The Labute approximate surface area is 183 Å². The molecule has 0 bridgehead atoms. The largest absolute Gasteiger partial charge is 0.326 e. The van der Waals surface area contributed by atoms with E-state index < -0.39 is 7.26 Å². The highest BCUT2D eigenvalue weighted by Gasteiger charge is 2.67. The maximum absolute atomic E-state index is 6.85. The van der Waals surface area contributed by atoms with Crippen LogP contribution in [0.1, 0.15) is 71.1 Å². The van der Waals surface area contributed by atoms with E-state index in [2.05, 4.69) is 66.4 Å². The molecule has 3 aliphatic rings. The van der Waals surface area contributed by atoms with Gasteiger partial charge in [0.25, 0.3) is 5.97 Å². The summed E-state index contributed by atoms with van der Waals surface area (Å²) >= 11 is 0. The van der Waals surface area contributed by atoms with Gasteiger partial charge >= 0.3 is 0 Å². The molecule has 0 saturated heterocycles. The predicted molar refractivity (Wildman–Crippen MR) is 131 cm³/mol. The van der Waals surface area contributed by atoms with Crippen molar-refractivity contribution in [1.29, 1.82) is 0 Å². The Hall–Kier alpha value is -1.37. The molecule has 2 aromatic rings. The highest BCUT2D eigenvalue weighted by Crippen LogP contribution is 2.79. The van der Waals surface area contributed by atoms with Gasteiger partial charge in [0.15, 0.2) is 0 Å². The average Bonchev–Trinajstić information content (AvgIpc) is 3.12. The number of hydrogen-bond acceptors (Lipinski definition) is 2. The molecule has 1 atom stereocenters. The van der Waals surface area contributed by atoms with E-state index >= 15 is 0 Å². The van der Waals surface area contributed by atoms with Gasteiger partial charge in [0.2, 0.25) is 0 Å². The molecule has 2 fully saturated rings. The normalized spacial score (nSPS) is 24.7. The van der Waals surface area contributed by atoms with Crippen LogP contribution in [0.2, 0.25) is 0 Å². The Bertz CT molecular complexity index is 808. The first-order chi connectivity index (χ1) is 14.9. The fraction of sp³-hybridized carbons (Fsp3) is 0.556. The van der Waals surface area contributed by atoms with Gasteiger partial charge in [-0.2, -0.15) is 0 Å². The number of para-hydroxylation sites is 2. The minimum atomic E-state index is -1.53. The number of benzene rings is 2. The van der Waals surface area contributed by atoms with Crippen molar-refractivity contribution in [1.82, 2.24) is 0 Å². The summed E-state index contributed by atoms with van der Waals surface area (Å²) in [5, 5.41) is 1.69. The maximum Gasteiger partial charge on any atom is 0.254 e. The van der Waals surface area contributed by atoms with Crippen LogP contribution in [0.4, 0.5) is 11.4 Å². The number of anilines is 2. The molecule has 1 aliphatic heterocycles. The zero-order valence-electron chi connectivity index (χ0n) is 18.5. The second-order valence-electron chi connectivity index (χ2n) is 9.39. The number of ether oxygens (including phenoxy) is 1. The van der Waals surface area contributed by atoms with Crippen LogP contribution in [0, 0.1) is 0 Å². The second-order valence-corrected chi connectivity index (χ2v) is 13.4. The molecule has 0 spiro atoms. The molecular weight excluding hydrogens is 385 g/mol. The number of rotatable bonds is 5. The van der Waals surface area contributed by atoms with Gasteiger partial charge in [-0.05, 0) is 82.6 Å². The van der Waals surface area contributed by atoms with Crippen LogP contribution in [0.15, 0.2) is 54.6 Å². The van der Waals surface area contributed by atoms with Gasteiger partial charge in [-0.3, -0.25) is 4.90 Å². The lowest BCUT2D eigenvalue weighted by atomic mass is 9.99. The van der Waals surface area contributed by atoms with Gasteiger partial charge in [0.1, 0.15) is 12.6 Å². The minimum absolute atomic E-state index is 0.216. The van der Waals surface area contributed by atoms with Crippen LogP contribution in [0.25, 0.3) is 0 Å². The smallest absolute Gasteiger partial charge is 0.254 e. The van der Waals surface area contributed by atoms with Gasteiger partial charge in [0, 0.05) is 5.69 Å². The lowest BCUT2D eigenvalue weighted by Gasteiger charge is -2.44. The van der Waals surface area contributed by atoms with Crippen molar-refractivity contribution in [2.24, 2.45) is 0 Å². The molecule has 30 heavy (non-hydrogen) atoms. The van der Waals surface area contributed by atoms with Crippen LogP contribution >= 0.6 is 7.26 Å². The lowest BCUT2D eigenvalue weighted by molar-refractivity contribution is 0.122. The van der Waals surface area contributed by atoms with Crippen molar-refractivity contribution in [3.05, 3.63) is 54.6 Å². The highest BCUT2D eigenvalue weighted by atomic mass is 31.2. The van der Waals surface area contributed by atoms with E-state index in [9.17, 15) is 0 Å². The van der Waals surface area contributed by atoms with E-state index in [1.807, 2.05) is 0 Å². The first-order valence-electron chi connectivity index (χ1n) is 12.3. The molecule has 2 saturated carbocycles. The Morgan fingerprint density at radius 3 is 1.93 bits per heavy atom. The summed E-state index contributed by atoms with van der Waals surface area (Å²) in [5.74, 6) is 0.216. The Morgan fingerprint density at radius 1 is 0.767 bits per heavy atom. The first-order valence-corrected chi connectivity index (χ1v) is 14.3. The molecule has 2 aromatic carbocycles. The predicted octanol–water partition coefficient (Wildman–Crippen LogP) is 7.47. The molecule has 3 heteroatoms. The van der Waals surface area contributed by atoms with E-state index in [1.165, 1.54) is 75.6 Å². The molecule has 2 nitrogen and oxygen atoms in total. The molecule has 160 valence electrons. The fourth-order valence-electron chi connectivity index (χ4n) is 6.70. The van der Waals surface area contributed by atoms with Gasteiger partial charge in [0.05, 0.1) is 23.6 Å². The third-order valence-corrected chi connectivity index (χ3v) is 13.6. The molecule has 5 rings (SSSR count). The van der Waals surface area contributed by atoms with Crippen molar-refractivity contribution in [2.75, 3.05) is 11.5 Å². The maximum atomic E-state index is 6.85. The van der Waals surface area contributed by atoms with Crippen LogP contribution in [-0.2, 0) is 4.74 Å². The van der Waals surface area contributed by atoms with E-state index in [4.69, 9.17) is 4.74 Å². The summed E-state index contributed by atoms with van der Waals surface area (Å²) in [4.78, 5) is 2.61. The van der Waals surface area contributed by atoms with Crippen molar-refractivity contribution >= 4 is 23.9 Å². The Morgan fingerprint density at radius 2 is 1.33 bits per heavy atom. The molecular formula is C27H37NOP+. The lowest BCUT2D eigenvalue weighted by Crippen LogP contribution is -2.42. The summed E-state index contributed by atoms with van der Waals surface area (Å²) in [6, 6.07) is 20.5. The van der Waals surface area contributed by atoms with E-state index in [1.54, 1.807) is 5.30 Å². The standard InChI is InChI=1S/C27H37NOP/c1-2-29-27-28(22-14-6-3-7-15-22)25-20-12-13-21-26(25)30(27,23-16-8-4-9-17-23)24-18-10-5-11-19-24/h3,6-7,12-15,20-21,23-24,27H,2,4-5,8-11,16-19H2,1H3/q+1/t27-/m1/s1. The van der Waals surface area contributed by atoms with Crippen molar-refractivity contribution in [3.8, 4) is 0 Å². The van der Waals surface area contributed by atoms with Gasteiger partial charge in [-0.15, -0.1) is 0 Å². The zero-order valence-corrected chi connectivity index (χ0v) is 19.4. The minimum Gasteiger partial charge on any atom is -0.326 e. The summed E-state index contributed by atoms with van der Waals surface area (Å²) in [5.41, 5.74) is 4.41. The van der Waals surface area contributed by atoms with Crippen molar-refractivity contribution in [2.45, 2.75) is 88.4 Å². The molecule has 2 aliphatic carbocycles. The second kappa shape index (κ2) is 9.01. The Balaban J connectivity index is 1.72. The molecule has 0 radical (unpaired) electrons. The van der Waals surface area contributed by atoms with Crippen LogP contribution < -0.4 is 10.2 Å². The third kappa shape index (κ3) is 3.32. The van der Waals surface area contributed by atoms with E-state index in [0.717, 1.165) is 17.9 Å². The van der Waals surface area contributed by atoms with Gasteiger partial charge < -0.3 is 4.74 Å². The van der Waals surface area contributed by atoms with Crippen LogP contribution in [0.3, 0.4) is 0 Å². The highest BCUT2D eigenvalue weighted by molar-refractivity contribution is 7.85. The summed E-state index contributed by atoms with van der Waals surface area (Å²) in [7, 11) is -1.53. The van der Waals surface area contributed by atoms with Gasteiger partial charge in [-0.1, -0.05) is 43.2 Å². The molecule has 1 heterocycles. The first kappa shape index (κ1) is 20.5.